The maximum absolute atomic E-state index is 12.6. The number of thiocarbonyl (C=S) groups is 1. The smallest absolute Gasteiger partial charge is 0.331 e. The van der Waals surface area contributed by atoms with Crippen LogP contribution in [0.2, 0.25) is 0 Å². The van der Waals surface area contributed by atoms with Gasteiger partial charge in [-0.2, -0.15) is 5.10 Å². The van der Waals surface area contributed by atoms with Gasteiger partial charge in [-0.15, -0.1) is 0 Å². The average molecular weight is 723 g/mol. The number of esters is 1. The molecule has 5 fully saturated rings. The maximum Gasteiger partial charge on any atom is 0.331 e. The fraction of sp³-hybridized carbons (Fsp3) is 0.833. The minimum atomic E-state index is -1.43. The molecule has 1 saturated heterocycles. The largest absolute Gasteiger partial charge is 0.458 e. The summed E-state index contributed by atoms with van der Waals surface area (Å²) in [5.74, 6) is -0.472. The van der Waals surface area contributed by atoms with Crippen LogP contribution in [0, 0.1) is 28.6 Å². The van der Waals surface area contributed by atoms with Crippen molar-refractivity contribution < 1.29 is 64.6 Å². The molecule has 247 valence electrons. The minimum Gasteiger partial charge on any atom is -0.458 e. The monoisotopic (exact) mass is 722 g/mol. The quantitative estimate of drug-likeness (QED) is 0.0679. The summed E-state index contributed by atoms with van der Waals surface area (Å²) in [4.78, 5) is 11.9. The van der Waals surface area contributed by atoms with Crippen molar-refractivity contribution in [3.63, 3.8) is 0 Å². The van der Waals surface area contributed by atoms with Crippen LogP contribution in [-0.4, -0.2) is 97.4 Å². The molecule has 4 aliphatic carbocycles. The average Bonchev–Trinajstić information content (AvgIpc) is 3.50. The van der Waals surface area contributed by atoms with E-state index in [2.05, 4.69) is 17.5 Å². The zero-order valence-corrected chi connectivity index (χ0v) is 27.8. The molecule has 0 spiro atoms. The number of hydrazone groups is 1. The Morgan fingerprint density at radius 2 is 1.82 bits per heavy atom. The first kappa shape index (κ1) is 34.3. The summed E-state index contributed by atoms with van der Waals surface area (Å²) >= 11 is 4.98. The SMILES string of the molecule is C[C@@H]1O[C@@H](O[C@H]2CC[C@]3(/C=N/NC(N)=S)[C@H]4CC[C@]5(C)C(C6=CC(=O)OC6)CC[C@]5(O)[C@@H]4CC[C@]3(O)C2)[C@H](O)[C@H](O)[C@H]1O.[99Tc]. The van der Waals surface area contributed by atoms with Crippen LogP contribution in [0.3, 0.4) is 0 Å². The summed E-state index contributed by atoms with van der Waals surface area (Å²) in [6.07, 6.45) is 1.96. The molecule has 1 unspecified atom stereocenters. The van der Waals surface area contributed by atoms with Crippen molar-refractivity contribution >= 4 is 29.5 Å². The van der Waals surface area contributed by atoms with E-state index in [0.717, 1.165) is 24.8 Å². The number of rotatable bonds is 5. The van der Waals surface area contributed by atoms with E-state index in [-0.39, 0.29) is 62.0 Å². The molecule has 6 rings (SSSR count). The molecule has 0 bridgehead atoms. The van der Waals surface area contributed by atoms with Crippen molar-refractivity contribution in [3.05, 3.63) is 11.6 Å². The van der Waals surface area contributed by atoms with Crippen molar-refractivity contribution in [1.82, 2.24) is 5.43 Å². The molecule has 14 heteroatoms. The van der Waals surface area contributed by atoms with E-state index in [1.165, 1.54) is 0 Å². The number of aliphatic hydroxyl groups excluding tert-OH is 3. The van der Waals surface area contributed by atoms with Gasteiger partial charge in [-0.05, 0) is 93.8 Å². The second-order valence-electron chi connectivity index (χ2n) is 14.0. The minimum absolute atomic E-state index is 0. The van der Waals surface area contributed by atoms with Gasteiger partial charge in [0.2, 0.25) is 0 Å². The topological polar surface area (TPSA) is 196 Å². The third kappa shape index (κ3) is 5.21. The third-order valence-electron chi connectivity index (χ3n) is 12.2. The van der Waals surface area contributed by atoms with Crippen molar-refractivity contribution in [2.24, 2.45) is 39.4 Å². The molecule has 1 radical (unpaired) electrons. The number of nitrogens with two attached hydrogens (primary N) is 1. The Hall–Kier alpha value is -1.06. The predicted octanol–water partition coefficient (Wildman–Crippen LogP) is 0.368. The zero-order valence-electron chi connectivity index (χ0n) is 25.1. The summed E-state index contributed by atoms with van der Waals surface area (Å²) < 4.78 is 17.1. The molecule has 0 aromatic rings. The Morgan fingerprint density at radius 1 is 1.09 bits per heavy atom. The molecule has 0 aromatic carbocycles. The number of carbonyl (C=O) groups is 1. The number of aliphatic hydroxyl groups is 5. The van der Waals surface area contributed by atoms with E-state index in [1.807, 2.05) is 0 Å². The van der Waals surface area contributed by atoms with E-state index in [4.69, 9.17) is 32.2 Å². The number of hydrogen-bond donors (Lipinski definition) is 7. The molecule has 4 saturated carbocycles. The zero-order chi connectivity index (χ0) is 30.9. The van der Waals surface area contributed by atoms with Gasteiger partial charge >= 0.3 is 5.97 Å². The van der Waals surface area contributed by atoms with E-state index < -0.39 is 58.8 Å². The summed E-state index contributed by atoms with van der Waals surface area (Å²) in [6.45, 7) is 4.03. The van der Waals surface area contributed by atoms with Crippen LogP contribution in [-0.2, 0) is 39.1 Å². The molecule has 13 atom stereocenters. The predicted molar refractivity (Wildman–Crippen MR) is 157 cm³/mol. The molecule has 44 heavy (non-hydrogen) atoms. The van der Waals surface area contributed by atoms with Crippen LogP contribution in [0.4, 0.5) is 0 Å². The van der Waals surface area contributed by atoms with Gasteiger partial charge in [-0.3, -0.25) is 5.43 Å². The van der Waals surface area contributed by atoms with Crippen LogP contribution >= 0.6 is 12.2 Å². The van der Waals surface area contributed by atoms with Crippen LogP contribution in [0.15, 0.2) is 16.8 Å². The molecule has 12 nitrogen and oxygen atoms in total. The van der Waals surface area contributed by atoms with E-state index >= 15 is 0 Å². The Kier molecular flexibility index (Phi) is 9.50. The first-order valence-electron chi connectivity index (χ1n) is 15.5. The van der Waals surface area contributed by atoms with Crippen LogP contribution in [0.1, 0.15) is 71.6 Å². The van der Waals surface area contributed by atoms with Gasteiger partial charge in [0.15, 0.2) is 11.4 Å². The van der Waals surface area contributed by atoms with Crippen molar-refractivity contribution in [1.29, 1.82) is 0 Å². The van der Waals surface area contributed by atoms with Crippen LogP contribution in [0.25, 0.3) is 0 Å². The van der Waals surface area contributed by atoms with Crippen LogP contribution in [0.5, 0.6) is 0 Å². The Bertz CT molecular complexity index is 1210. The number of nitrogens with one attached hydrogen (secondary N) is 1. The number of ether oxygens (including phenoxy) is 3. The van der Waals surface area contributed by atoms with Gasteiger partial charge in [0.05, 0.1) is 23.4 Å². The number of fused-ring (bicyclic) bond motifs is 5. The van der Waals surface area contributed by atoms with Gasteiger partial charge in [0, 0.05) is 49.6 Å². The molecular weight excluding hydrogens is 677 g/mol. The number of nitrogens with zero attached hydrogens (tertiary/aromatic N) is 1. The standard InChI is InChI=1S/C30H45N3O9S.Tc/c1-15-22(35)23(36)24(37)25(41-15)42-17-3-8-28(14-32-33-26(31)43)19-4-7-27(2)18(16-11-21(34)40-13-16)6-10-30(27,39)20(19)5-9-29(28,38)12-17;/h11,14-15,17-20,22-25,35-39H,3-10,12-13H2,1-2H3,(H3,31,33,43);/b32-14+;/t15-,17-,18?,19-,20+,22-,23+,24+,25-,27+,28-,29-,30-;/m0./s1/i;1+1. The van der Waals surface area contributed by atoms with E-state index in [9.17, 15) is 30.3 Å². The van der Waals surface area contributed by atoms with Gasteiger partial charge in [0.1, 0.15) is 24.9 Å². The summed E-state index contributed by atoms with van der Waals surface area (Å²) in [5, 5.41) is 60.4. The Morgan fingerprint density at radius 3 is 2.50 bits per heavy atom. The molecular formula is C30H45N3O9STc. The number of carbonyl (C=O) groups excluding carboxylic acids is 1. The van der Waals surface area contributed by atoms with Crippen molar-refractivity contribution in [2.45, 2.75) is 120 Å². The first-order valence-corrected chi connectivity index (χ1v) is 15.9. The number of cyclic esters (lactones) is 1. The molecule has 0 aromatic heterocycles. The van der Waals surface area contributed by atoms with Gasteiger partial charge in [0.25, 0.3) is 0 Å². The van der Waals surface area contributed by atoms with Crippen LogP contribution < -0.4 is 11.2 Å². The third-order valence-corrected chi connectivity index (χ3v) is 12.3. The van der Waals surface area contributed by atoms with Crippen molar-refractivity contribution in [2.75, 3.05) is 6.61 Å². The van der Waals surface area contributed by atoms with Gasteiger partial charge in [-0.25, -0.2) is 4.79 Å². The summed E-state index contributed by atoms with van der Waals surface area (Å²) in [6, 6.07) is 0. The number of hydrogen-bond acceptors (Lipinski definition) is 11. The molecule has 0 amide bonds. The second kappa shape index (κ2) is 12.2. The van der Waals surface area contributed by atoms with E-state index in [0.29, 0.717) is 32.1 Å². The Labute approximate surface area is 276 Å². The van der Waals surface area contributed by atoms with Crippen molar-refractivity contribution in [3.8, 4) is 0 Å². The maximum atomic E-state index is 12.6. The molecule has 6 aliphatic rings. The fourth-order valence-corrected chi connectivity index (χ4v) is 10.0. The fourth-order valence-electron chi connectivity index (χ4n) is 9.98. The second-order valence-corrected chi connectivity index (χ2v) is 14.5. The summed E-state index contributed by atoms with van der Waals surface area (Å²) in [7, 11) is 0. The molecule has 8 N–H and O–H groups in total. The van der Waals surface area contributed by atoms with E-state index in [1.54, 1.807) is 19.2 Å². The van der Waals surface area contributed by atoms with Gasteiger partial charge in [-0.1, -0.05) is 6.92 Å². The van der Waals surface area contributed by atoms with Gasteiger partial charge < -0.3 is 45.5 Å². The Balaban J connectivity index is 0.00000384. The first-order chi connectivity index (χ1) is 20.2. The molecule has 2 heterocycles. The normalized spacial score (nSPS) is 50.1. The summed E-state index contributed by atoms with van der Waals surface area (Å²) in [5.41, 5.74) is 5.79. The molecule has 2 aliphatic heterocycles.